The molecule has 6 heteroatoms. The van der Waals surface area contributed by atoms with Gasteiger partial charge in [-0.25, -0.2) is 0 Å². The van der Waals surface area contributed by atoms with Gasteiger partial charge < -0.3 is 14.2 Å². The van der Waals surface area contributed by atoms with Crippen molar-refractivity contribution in [2.75, 3.05) is 13.2 Å². The molecule has 0 bridgehead atoms. The average Bonchev–Trinajstić information content (AvgIpc) is 3.48. The Hall–Kier alpha value is -2.11. The molecule has 0 aromatic heterocycles. The van der Waals surface area contributed by atoms with Gasteiger partial charge in [0.25, 0.3) is 0 Å². The third-order valence-corrected chi connectivity index (χ3v) is 17.2. The Bertz CT molecular complexity index is 1320. The van der Waals surface area contributed by atoms with E-state index in [1.165, 1.54) is 321 Å². The summed E-state index contributed by atoms with van der Waals surface area (Å²) in [5, 5.41) is 0. The smallest absolute Gasteiger partial charge is 0.306 e. The molecule has 0 aliphatic heterocycles. The van der Waals surface area contributed by atoms with Gasteiger partial charge in [-0.05, 0) is 51.4 Å². The third-order valence-electron chi connectivity index (χ3n) is 17.2. The Morgan fingerprint density at radius 2 is 0.439 bits per heavy atom. The second-order valence-electron chi connectivity index (χ2n) is 25.6. The molecule has 0 aromatic rings. The first-order valence-electron chi connectivity index (χ1n) is 37.3. The van der Waals surface area contributed by atoms with E-state index in [1.807, 2.05) is 0 Å². The molecule has 0 spiro atoms. The van der Waals surface area contributed by atoms with E-state index in [0.717, 1.165) is 64.2 Å². The number of rotatable bonds is 70. The van der Waals surface area contributed by atoms with E-state index < -0.39 is 6.10 Å². The number of esters is 3. The number of carbonyl (C=O) groups excluding carboxylic acids is 3. The molecular formula is C76H144O6. The quantitative estimate of drug-likeness (QED) is 0.0261. The fraction of sp³-hybridized carbons (Fsp3) is 0.908. The van der Waals surface area contributed by atoms with E-state index >= 15 is 0 Å². The van der Waals surface area contributed by atoms with Crippen LogP contribution in [-0.4, -0.2) is 37.2 Å². The molecule has 0 heterocycles. The van der Waals surface area contributed by atoms with Crippen LogP contribution < -0.4 is 0 Å². The Kier molecular flexibility index (Phi) is 69.5. The summed E-state index contributed by atoms with van der Waals surface area (Å²) in [6, 6.07) is 0. The maximum Gasteiger partial charge on any atom is 0.306 e. The lowest BCUT2D eigenvalue weighted by atomic mass is 10.0. The van der Waals surface area contributed by atoms with E-state index in [0.29, 0.717) is 19.3 Å². The van der Waals surface area contributed by atoms with E-state index in [9.17, 15) is 14.4 Å². The highest BCUT2D eigenvalue weighted by Crippen LogP contribution is 2.19. The molecule has 0 aliphatic carbocycles. The molecule has 0 aromatic carbocycles. The molecule has 0 rings (SSSR count). The highest BCUT2D eigenvalue weighted by Gasteiger charge is 2.20. The van der Waals surface area contributed by atoms with Gasteiger partial charge in [0, 0.05) is 19.3 Å². The van der Waals surface area contributed by atoms with Crippen molar-refractivity contribution in [3.05, 3.63) is 24.3 Å². The van der Waals surface area contributed by atoms with Crippen molar-refractivity contribution in [1.82, 2.24) is 0 Å². The normalized spacial score (nSPS) is 12.1. The lowest BCUT2D eigenvalue weighted by Crippen LogP contribution is -2.30. The van der Waals surface area contributed by atoms with Gasteiger partial charge in [-0.3, -0.25) is 14.4 Å². The van der Waals surface area contributed by atoms with Gasteiger partial charge in [0.05, 0.1) is 0 Å². The molecule has 82 heavy (non-hydrogen) atoms. The highest BCUT2D eigenvalue weighted by atomic mass is 16.6. The van der Waals surface area contributed by atoms with Crippen molar-refractivity contribution in [3.63, 3.8) is 0 Å². The van der Waals surface area contributed by atoms with Gasteiger partial charge in [-0.15, -0.1) is 0 Å². The molecule has 0 N–H and O–H groups in total. The first kappa shape index (κ1) is 79.9. The lowest BCUT2D eigenvalue weighted by molar-refractivity contribution is -0.167. The number of allylic oxidation sites excluding steroid dienone is 4. The van der Waals surface area contributed by atoms with Crippen molar-refractivity contribution >= 4 is 17.9 Å². The van der Waals surface area contributed by atoms with Crippen molar-refractivity contribution in [1.29, 1.82) is 0 Å². The van der Waals surface area contributed by atoms with E-state index in [-0.39, 0.29) is 31.1 Å². The van der Waals surface area contributed by atoms with Crippen LogP contribution in [0.5, 0.6) is 0 Å². The molecule has 6 nitrogen and oxygen atoms in total. The fourth-order valence-corrected chi connectivity index (χ4v) is 11.6. The van der Waals surface area contributed by atoms with Gasteiger partial charge in [-0.2, -0.15) is 0 Å². The number of carbonyl (C=O) groups is 3. The molecule has 0 fully saturated rings. The van der Waals surface area contributed by atoms with Crippen LogP contribution in [-0.2, 0) is 28.6 Å². The monoisotopic (exact) mass is 1150 g/mol. The minimum absolute atomic E-state index is 0.0650. The number of unbranched alkanes of at least 4 members (excludes halogenated alkanes) is 55. The summed E-state index contributed by atoms with van der Waals surface area (Å²) in [7, 11) is 0. The fourth-order valence-electron chi connectivity index (χ4n) is 11.6. The lowest BCUT2D eigenvalue weighted by Gasteiger charge is -2.18. The summed E-state index contributed by atoms with van der Waals surface area (Å²) >= 11 is 0. The predicted molar refractivity (Wildman–Crippen MR) is 358 cm³/mol. The molecule has 1 unspecified atom stereocenters. The highest BCUT2D eigenvalue weighted by molar-refractivity contribution is 5.71. The molecular weight excluding hydrogens is 1010 g/mol. The summed E-state index contributed by atoms with van der Waals surface area (Å²) in [4.78, 5) is 38.3. The van der Waals surface area contributed by atoms with Crippen LogP contribution in [0.4, 0.5) is 0 Å². The largest absolute Gasteiger partial charge is 0.462 e. The van der Waals surface area contributed by atoms with Gasteiger partial charge in [0.15, 0.2) is 6.10 Å². The standard InChI is InChI=1S/C76H144O6/c1-4-7-10-13-16-19-21-23-25-27-29-31-33-35-36-37-38-39-40-42-43-45-47-49-51-53-55-57-60-63-66-69-75(78)81-72-73(71-80-74(77)68-65-62-59-18-15-12-9-6-3)82-76(79)70-67-64-61-58-56-54-52-50-48-46-44-41-34-32-30-28-26-24-22-20-17-14-11-8-5-2/h22,24,28,30,73H,4-21,23,25-27,29,31-72H2,1-3H3/b24-22-,30-28-. The molecule has 0 saturated carbocycles. The zero-order valence-electron chi connectivity index (χ0n) is 55.8. The van der Waals surface area contributed by atoms with Gasteiger partial charge >= 0.3 is 17.9 Å². The molecule has 0 aliphatic rings. The van der Waals surface area contributed by atoms with Crippen molar-refractivity contribution in [2.24, 2.45) is 0 Å². The zero-order valence-corrected chi connectivity index (χ0v) is 55.8. The van der Waals surface area contributed by atoms with E-state index in [2.05, 4.69) is 45.1 Å². The first-order valence-corrected chi connectivity index (χ1v) is 37.3. The Balaban J connectivity index is 4.01. The summed E-state index contributed by atoms with van der Waals surface area (Å²) < 4.78 is 16.9. The molecule has 0 saturated heterocycles. The summed E-state index contributed by atoms with van der Waals surface area (Å²) in [5.74, 6) is -0.839. The van der Waals surface area contributed by atoms with Crippen LogP contribution in [0.2, 0.25) is 0 Å². The second-order valence-corrected chi connectivity index (χ2v) is 25.6. The van der Waals surface area contributed by atoms with Crippen LogP contribution in [0.15, 0.2) is 24.3 Å². The Labute approximate surface area is 513 Å². The van der Waals surface area contributed by atoms with Crippen molar-refractivity contribution in [3.8, 4) is 0 Å². The topological polar surface area (TPSA) is 78.9 Å². The van der Waals surface area contributed by atoms with Crippen molar-refractivity contribution in [2.45, 2.75) is 431 Å². The number of hydrogen-bond donors (Lipinski definition) is 0. The first-order chi connectivity index (χ1) is 40.5. The predicted octanol–water partition coefficient (Wildman–Crippen LogP) is 25.7. The van der Waals surface area contributed by atoms with Gasteiger partial charge in [0.1, 0.15) is 13.2 Å². The van der Waals surface area contributed by atoms with Crippen LogP contribution in [0, 0.1) is 0 Å². The van der Waals surface area contributed by atoms with Gasteiger partial charge in [0.2, 0.25) is 0 Å². The minimum atomic E-state index is -0.767. The van der Waals surface area contributed by atoms with Crippen LogP contribution in [0.25, 0.3) is 0 Å². The SMILES string of the molecule is CCCCCCC/C=C\C/C=C\CCCCCCCCCCCCCCCC(=O)OC(COC(=O)CCCCCCCCCC)COC(=O)CCCCCCCCCCCCCCCCCCCCCCCCCCCCCCCCC. The Morgan fingerprint density at radius 3 is 0.671 bits per heavy atom. The van der Waals surface area contributed by atoms with Gasteiger partial charge in [-0.1, -0.05) is 379 Å². The summed E-state index contributed by atoms with van der Waals surface area (Å²) in [5.41, 5.74) is 0. The van der Waals surface area contributed by atoms with E-state index in [1.54, 1.807) is 0 Å². The molecule has 0 radical (unpaired) electrons. The summed E-state index contributed by atoms with van der Waals surface area (Å²) in [6.07, 6.45) is 88.3. The van der Waals surface area contributed by atoms with Crippen molar-refractivity contribution < 1.29 is 28.6 Å². The summed E-state index contributed by atoms with van der Waals surface area (Å²) in [6.45, 7) is 6.68. The average molecular weight is 1150 g/mol. The van der Waals surface area contributed by atoms with Crippen LogP contribution in [0.1, 0.15) is 425 Å². The maximum absolute atomic E-state index is 12.9. The third kappa shape index (κ3) is 68.7. The number of ether oxygens (including phenoxy) is 3. The second kappa shape index (κ2) is 71.4. The van der Waals surface area contributed by atoms with E-state index in [4.69, 9.17) is 14.2 Å². The Morgan fingerprint density at radius 1 is 0.244 bits per heavy atom. The number of hydrogen-bond acceptors (Lipinski definition) is 6. The molecule has 0 amide bonds. The minimum Gasteiger partial charge on any atom is -0.462 e. The molecule has 1 atom stereocenters. The molecule has 484 valence electrons. The zero-order chi connectivity index (χ0) is 59.2. The maximum atomic E-state index is 12.9. The van der Waals surface area contributed by atoms with Crippen LogP contribution >= 0.6 is 0 Å². The van der Waals surface area contributed by atoms with Crippen LogP contribution in [0.3, 0.4) is 0 Å².